The third-order valence-corrected chi connectivity index (χ3v) is 5.13. The van der Waals surface area contributed by atoms with Gasteiger partial charge in [0.15, 0.2) is 0 Å². The van der Waals surface area contributed by atoms with Crippen molar-refractivity contribution >= 4 is 11.9 Å². The van der Waals surface area contributed by atoms with Gasteiger partial charge in [0.25, 0.3) is 0 Å². The van der Waals surface area contributed by atoms with Gasteiger partial charge in [0.2, 0.25) is 0 Å². The molecule has 10 nitrogen and oxygen atoms in total. The third kappa shape index (κ3) is 10.1. The first kappa shape index (κ1) is 30.7. The van der Waals surface area contributed by atoms with Gasteiger partial charge in [-0.1, -0.05) is 6.07 Å². The van der Waals surface area contributed by atoms with Gasteiger partial charge in [-0.2, -0.15) is 26.3 Å². The summed E-state index contributed by atoms with van der Waals surface area (Å²) in [4.78, 5) is 32.9. The lowest BCUT2D eigenvalue weighted by Crippen LogP contribution is -2.65. The zero-order valence-corrected chi connectivity index (χ0v) is 19.9. The van der Waals surface area contributed by atoms with Crippen LogP contribution in [0.3, 0.4) is 0 Å². The maximum atomic E-state index is 10.6. The second-order valence-electron chi connectivity index (χ2n) is 8.36. The molecule has 0 radical (unpaired) electrons. The molecule has 38 heavy (non-hydrogen) atoms. The van der Waals surface area contributed by atoms with Gasteiger partial charge in [0.05, 0.1) is 12.2 Å². The molecule has 4 rings (SSSR count). The van der Waals surface area contributed by atoms with Crippen molar-refractivity contribution in [2.24, 2.45) is 0 Å². The van der Waals surface area contributed by atoms with E-state index in [-0.39, 0.29) is 11.7 Å². The summed E-state index contributed by atoms with van der Waals surface area (Å²) in [5, 5.41) is 14.2. The van der Waals surface area contributed by atoms with Gasteiger partial charge >= 0.3 is 30.3 Å². The minimum absolute atomic E-state index is 0.0745. The number of pyridine rings is 1. The number of rotatable bonds is 4. The first-order chi connectivity index (χ1) is 17.6. The van der Waals surface area contributed by atoms with Crippen molar-refractivity contribution in [1.82, 2.24) is 19.9 Å². The molecular formula is C22H24F6N4O6. The van der Waals surface area contributed by atoms with Crippen LogP contribution in [0.25, 0.3) is 0 Å². The van der Waals surface area contributed by atoms with Crippen LogP contribution < -0.4 is 4.74 Å². The smallest absolute Gasteiger partial charge is 0.475 e. The van der Waals surface area contributed by atoms with Gasteiger partial charge in [-0.25, -0.2) is 19.6 Å². The van der Waals surface area contributed by atoms with Crippen LogP contribution in [0.4, 0.5) is 26.3 Å². The number of ether oxygens (including phenoxy) is 2. The predicted octanol–water partition coefficient (Wildman–Crippen LogP) is 3.26. The van der Waals surface area contributed by atoms with Crippen LogP contribution in [-0.4, -0.2) is 85.8 Å². The summed E-state index contributed by atoms with van der Waals surface area (Å²) in [7, 11) is 0. The predicted molar refractivity (Wildman–Crippen MR) is 116 cm³/mol. The SMILES string of the molecule is Cc1ccnc(OC2CCOC3(C2)CN(Cc2cccnc2)C3)n1.O=C(O)C(F)(F)F.O=C(O)C(F)(F)F. The van der Waals surface area contributed by atoms with Crippen molar-refractivity contribution in [2.75, 3.05) is 19.7 Å². The van der Waals surface area contributed by atoms with Crippen LogP contribution in [0.15, 0.2) is 36.8 Å². The molecule has 2 aromatic rings. The van der Waals surface area contributed by atoms with Gasteiger partial charge in [0, 0.05) is 56.8 Å². The molecule has 16 heteroatoms. The number of aliphatic carboxylic acids is 2. The minimum Gasteiger partial charge on any atom is -0.475 e. The molecule has 1 unspecified atom stereocenters. The minimum atomic E-state index is -5.08. The van der Waals surface area contributed by atoms with E-state index in [0.717, 1.165) is 44.8 Å². The van der Waals surface area contributed by atoms with Crippen molar-refractivity contribution in [3.05, 3.63) is 48.0 Å². The number of hydrogen-bond donors (Lipinski definition) is 2. The topological polar surface area (TPSA) is 135 Å². The van der Waals surface area contributed by atoms with Crippen LogP contribution in [0.2, 0.25) is 0 Å². The summed E-state index contributed by atoms with van der Waals surface area (Å²) in [6, 6.07) is 6.44. The zero-order valence-electron chi connectivity index (χ0n) is 19.9. The highest BCUT2D eigenvalue weighted by atomic mass is 19.4. The van der Waals surface area contributed by atoms with Gasteiger partial charge in [-0.15, -0.1) is 0 Å². The second kappa shape index (κ2) is 12.8. The highest BCUT2D eigenvalue weighted by Crippen LogP contribution is 2.36. The van der Waals surface area contributed by atoms with E-state index >= 15 is 0 Å². The Morgan fingerprint density at radius 2 is 1.71 bits per heavy atom. The Kier molecular flexibility index (Phi) is 10.4. The molecule has 2 aromatic heterocycles. The zero-order chi connectivity index (χ0) is 28.6. The molecule has 1 spiro atoms. The molecule has 2 saturated heterocycles. The molecular weight excluding hydrogens is 530 g/mol. The molecule has 0 bridgehead atoms. The average molecular weight is 554 g/mol. The van der Waals surface area contributed by atoms with Crippen LogP contribution in [-0.2, 0) is 20.9 Å². The van der Waals surface area contributed by atoms with Crippen LogP contribution in [0.1, 0.15) is 24.1 Å². The number of aryl methyl sites for hydroxylation is 1. The van der Waals surface area contributed by atoms with Crippen LogP contribution in [0.5, 0.6) is 6.01 Å². The van der Waals surface area contributed by atoms with Crippen molar-refractivity contribution in [2.45, 2.75) is 50.4 Å². The maximum absolute atomic E-state index is 10.6. The summed E-state index contributed by atoms with van der Waals surface area (Å²) >= 11 is 0. The van der Waals surface area contributed by atoms with E-state index in [1.54, 1.807) is 12.4 Å². The number of alkyl halides is 6. The Morgan fingerprint density at radius 1 is 1.11 bits per heavy atom. The molecule has 2 aliphatic rings. The molecule has 4 heterocycles. The van der Waals surface area contributed by atoms with E-state index in [9.17, 15) is 26.3 Å². The van der Waals surface area contributed by atoms with E-state index in [0.29, 0.717) is 6.01 Å². The fourth-order valence-corrected chi connectivity index (χ4v) is 3.57. The normalized spacial score (nSPS) is 18.7. The van der Waals surface area contributed by atoms with E-state index in [4.69, 9.17) is 29.3 Å². The highest BCUT2D eigenvalue weighted by molar-refractivity contribution is 5.73. The summed E-state index contributed by atoms with van der Waals surface area (Å²) < 4.78 is 75.5. The van der Waals surface area contributed by atoms with Gasteiger partial charge in [0.1, 0.15) is 6.10 Å². The first-order valence-electron chi connectivity index (χ1n) is 10.9. The maximum Gasteiger partial charge on any atom is 0.490 e. The number of nitrogens with zero attached hydrogens (tertiary/aromatic N) is 4. The largest absolute Gasteiger partial charge is 0.490 e. The summed E-state index contributed by atoms with van der Waals surface area (Å²) in [5.74, 6) is -5.51. The first-order valence-corrected chi connectivity index (χ1v) is 10.9. The number of carbonyl (C=O) groups is 2. The van der Waals surface area contributed by atoms with Crippen LogP contribution >= 0.6 is 0 Å². The Labute approximate surface area is 212 Å². The fourth-order valence-electron chi connectivity index (χ4n) is 3.57. The van der Waals surface area contributed by atoms with Gasteiger partial charge in [-0.3, -0.25) is 9.88 Å². The van der Waals surface area contributed by atoms with E-state index in [1.165, 1.54) is 5.56 Å². The van der Waals surface area contributed by atoms with E-state index < -0.39 is 24.3 Å². The Balaban J connectivity index is 0.000000301. The number of carboxylic acids is 2. The fraction of sp³-hybridized carbons (Fsp3) is 0.500. The molecule has 210 valence electrons. The molecule has 2 fully saturated rings. The van der Waals surface area contributed by atoms with Crippen molar-refractivity contribution in [3.63, 3.8) is 0 Å². The molecule has 2 aliphatic heterocycles. The Hall–Kier alpha value is -3.53. The van der Waals surface area contributed by atoms with Gasteiger partial charge < -0.3 is 19.7 Å². The molecule has 1 atom stereocenters. The standard InChI is InChI=1S/C18H22N4O2.2C2HF3O2/c1-14-4-7-20-17(21-14)24-16-5-8-23-18(9-16)12-22(13-18)11-15-3-2-6-19-10-15;2*3-2(4,5)1(6)7/h2-4,6-7,10,16H,5,8-9,11-13H2,1H3;2*(H,6,7). The second-order valence-corrected chi connectivity index (χ2v) is 8.36. The summed E-state index contributed by atoms with van der Waals surface area (Å²) in [5.41, 5.74) is 2.09. The average Bonchev–Trinajstić information content (AvgIpc) is 2.79. The van der Waals surface area contributed by atoms with Gasteiger partial charge in [-0.05, 0) is 24.6 Å². The Bertz CT molecular complexity index is 1040. The lowest BCUT2D eigenvalue weighted by molar-refractivity contribution is -0.193. The van der Waals surface area contributed by atoms with Crippen LogP contribution in [0, 0.1) is 6.92 Å². The molecule has 0 amide bonds. The van der Waals surface area contributed by atoms with E-state index in [1.807, 2.05) is 25.3 Å². The number of halogens is 6. The Morgan fingerprint density at radius 3 is 2.21 bits per heavy atom. The third-order valence-electron chi connectivity index (χ3n) is 5.13. The summed E-state index contributed by atoms with van der Waals surface area (Å²) in [6.45, 7) is 5.48. The monoisotopic (exact) mass is 554 g/mol. The number of aromatic nitrogens is 3. The van der Waals surface area contributed by atoms with Crippen molar-refractivity contribution in [3.8, 4) is 6.01 Å². The molecule has 0 aliphatic carbocycles. The van der Waals surface area contributed by atoms with Crippen molar-refractivity contribution in [1.29, 1.82) is 0 Å². The number of carboxylic acid groups (broad SMARTS) is 2. The number of hydrogen-bond acceptors (Lipinski definition) is 8. The lowest BCUT2D eigenvalue weighted by atomic mass is 9.84. The van der Waals surface area contributed by atoms with Crippen molar-refractivity contribution < 1.29 is 55.6 Å². The number of likely N-dealkylation sites (tertiary alicyclic amines) is 1. The lowest BCUT2D eigenvalue weighted by Gasteiger charge is -2.53. The quantitative estimate of drug-likeness (QED) is 0.543. The highest BCUT2D eigenvalue weighted by Gasteiger charge is 2.48. The van der Waals surface area contributed by atoms with E-state index in [2.05, 4.69) is 25.9 Å². The molecule has 0 saturated carbocycles. The molecule has 2 N–H and O–H groups in total. The summed E-state index contributed by atoms with van der Waals surface area (Å²) in [6.07, 6.45) is -2.78. The molecule has 0 aromatic carbocycles.